The van der Waals surface area contributed by atoms with Crippen LogP contribution in [-0.2, 0) is 0 Å². The first-order valence-electron chi connectivity index (χ1n) is 10.8. The van der Waals surface area contributed by atoms with Crippen molar-refractivity contribution in [2.75, 3.05) is 12.4 Å². The number of aromatic nitrogens is 1. The lowest BCUT2D eigenvalue weighted by Crippen LogP contribution is -2.34. The summed E-state index contributed by atoms with van der Waals surface area (Å²) in [6.45, 7) is 1.94. The van der Waals surface area contributed by atoms with Crippen molar-refractivity contribution in [3.63, 3.8) is 0 Å². The minimum Gasteiger partial charge on any atom is -0.497 e. The maximum Gasteiger partial charge on any atom is 0.258 e. The molecular weight excluding hydrogens is 482 g/mol. The summed E-state index contributed by atoms with van der Waals surface area (Å²) in [7, 11) is 1.61. The van der Waals surface area contributed by atoms with Gasteiger partial charge in [0.15, 0.2) is 10.7 Å². The number of thiocarbonyl (C=S) groups is 1. The summed E-state index contributed by atoms with van der Waals surface area (Å²) in [5, 5.41) is 8.20. The molecule has 0 spiro atoms. The molecule has 0 radical (unpaired) electrons. The monoisotopic (exact) mass is 501 g/mol. The molecule has 35 heavy (non-hydrogen) atoms. The number of fused-ring (bicyclic) bond motifs is 2. The van der Waals surface area contributed by atoms with Crippen LogP contribution in [0.2, 0.25) is 5.02 Å². The molecule has 0 saturated carbocycles. The molecule has 0 aliphatic carbocycles. The predicted octanol–water partition coefficient (Wildman–Crippen LogP) is 6.75. The van der Waals surface area contributed by atoms with Gasteiger partial charge in [-0.1, -0.05) is 41.9 Å². The molecule has 4 aromatic carbocycles. The Morgan fingerprint density at radius 2 is 1.83 bits per heavy atom. The highest BCUT2D eigenvalue weighted by molar-refractivity contribution is 7.80. The SMILES string of the molecule is COc1ccc2oc(-c3ccc(C)c(NC(=S)NC(=O)c4cccc5c(Cl)cccc45)c3)nc2c1. The van der Waals surface area contributed by atoms with Crippen LogP contribution in [0.5, 0.6) is 5.75 Å². The van der Waals surface area contributed by atoms with Crippen LogP contribution < -0.4 is 15.4 Å². The largest absolute Gasteiger partial charge is 0.497 e. The van der Waals surface area contributed by atoms with E-state index in [0.717, 1.165) is 27.6 Å². The van der Waals surface area contributed by atoms with Crippen molar-refractivity contribution in [3.8, 4) is 17.2 Å². The van der Waals surface area contributed by atoms with E-state index in [4.69, 9.17) is 33.0 Å². The summed E-state index contributed by atoms with van der Waals surface area (Å²) in [5.41, 5.74) is 4.29. The van der Waals surface area contributed by atoms with Crippen LogP contribution in [0, 0.1) is 6.92 Å². The molecule has 5 rings (SSSR count). The van der Waals surface area contributed by atoms with Crippen LogP contribution in [0.25, 0.3) is 33.3 Å². The molecule has 174 valence electrons. The molecule has 6 nitrogen and oxygen atoms in total. The average Bonchev–Trinajstić information content (AvgIpc) is 3.28. The Morgan fingerprint density at radius 1 is 1.03 bits per heavy atom. The maximum atomic E-state index is 13.0. The minimum atomic E-state index is -0.322. The van der Waals surface area contributed by atoms with E-state index in [1.54, 1.807) is 25.3 Å². The molecule has 1 amide bonds. The van der Waals surface area contributed by atoms with E-state index in [1.165, 1.54) is 0 Å². The van der Waals surface area contributed by atoms with Gasteiger partial charge in [-0.05, 0) is 66.5 Å². The Morgan fingerprint density at radius 3 is 2.66 bits per heavy atom. The minimum absolute atomic E-state index is 0.177. The lowest BCUT2D eigenvalue weighted by molar-refractivity contribution is 0.0979. The number of hydrogen-bond donors (Lipinski definition) is 2. The summed E-state index contributed by atoms with van der Waals surface area (Å²) in [6.07, 6.45) is 0. The van der Waals surface area contributed by atoms with E-state index >= 15 is 0 Å². The van der Waals surface area contributed by atoms with Crippen LogP contribution in [-0.4, -0.2) is 23.1 Å². The lowest BCUT2D eigenvalue weighted by Gasteiger charge is -2.13. The van der Waals surface area contributed by atoms with Gasteiger partial charge in [-0.2, -0.15) is 0 Å². The molecule has 5 aromatic rings. The standard InChI is InChI=1S/C27H20ClN3O3S/c1-15-9-10-16(26-29-23-14-17(33-2)11-12-24(23)34-26)13-22(15)30-27(35)31-25(32)20-7-3-6-19-18(20)5-4-8-21(19)28/h3-14H,1-2H3,(H2,30,31,32,35). The Labute approximate surface area is 211 Å². The lowest BCUT2D eigenvalue weighted by atomic mass is 10.0. The Bertz CT molecular complexity index is 1610. The molecule has 0 unspecified atom stereocenters. The summed E-state index contributed by atoms with van der Waals surface area (Å²) in [5.74, 6) is 0.856. The number of aryl methyl sites for hydroxylation is 1. The number of anilines is 1. The van der Waals surface area contributed by atoms with E-state index in [9.17, 15) is 4.79 Å². The van der Waals surface area contributed by atoms with Crippen molar-refractivity contribution < 1.29 is 13.9 Å². The third-order valence-electron chi connectivity index (χ3n) is 5.67. The van der Waals surface area contributed by atoms with Crippen LogP contribution >= 0.6 is 23.8 Å². The summed E-state index contributed by atoms with van der Waals surface area (Å²) < 4.78 is 11.2. The first-order valence-corrected chi connectivity index (χ1v) is 11.6. The predicted molar refractivity (Wildman–Crippen MR) is 143 cm³/mol. The molecule has 8 heteroatoms. The third-order valence-corrected chi connectivity index (χ3v) is 6.20. The molecule has 1 aromatic heterocycles. The average molecular weight is 502 g/mol. The van der Waals surface area contributed by atoms with E-state index in [0.29, 0.717) is 33.3 Å². The number of oxazole rings is 1. The van der Waals surface area contributed by atoms with Crippen molar-refractivity contribution in [1.82, 2.24) is 10.3 Å². The van der Waals surface area contributed by atoms with Crippen molar-refractivity contribution in [1.29, 1.82) is 0 Å². The van der Waals surface area contributed by atoms with Gasteiger partial charge in [0, 0.05) is 33.3 Å². The van der Waals surface area contributed by atoms with Crippen molar-refractivity contribution >= 4 is 62.4 Å². The molecular formula is C27H20ClN3O3S. The number of benzene rings is 4. The normalized spacial score (nSPS) is 10.9. The van der Waals surface area contributed by atoms with Crippen LogP contribution in [0.4, 0.5) is 5.69 Å². The molecule has 0 saturated heterocycles. The second kappa shape index (κ2) is 9.37. The van der Waals surface area contributed by atoms with E-state index in [-0.39, 0.29) is 11.0 Å². The van der Waals surface area contributed by atoms with Crippen molar-refractivity contribution in [3.05, 3.63) is 88.9 Å². The number of halogens is 1. The number of amides is 1. The van der Waals surface area contributed by atoms with Crippen molar-refractivity contribution in [2.24, 2.45) is 0 Å². The highest BCUT2D eigenvalue weighted by Crippen LogP contribution is 2.30. The molecule has 0 aliphatic heterocycles. The number of carbonyl (C=O) groups is 1. The van der Waals surface area contributed by atoms with Gasteiger partial charge in [0.1, 0.15) is 11.3 Å². The molecule has 1 heterocycles. The molecule has 0 fully saturated rings. The number of ether oxygens (including phenoxy) is 1. The Hall–Kier alpha value is -3.94. The van der Waals surface area contributed by atoms with E-state index in [2.05, 4.69) is 15.6 Å². The zero-order valence-corrected chi connectivity index (χ0v) is 20.5. The van der Waals surface area contributed by atoms with E-state index in [1.807, 2.05) is 61.5 Å². The number of nitrogens with one attached hydrogen (secondary N) is 2. The summed E-state index contributed by atoms with van der Waals surface area (Å²) in [6, 6.07) is 22.1. The fraction of sp³-hybridized carbons (Fsp3) is 0.0741. The Balaban J connectivity index is 1.37. The molecule has 0 bridgehead atoms. The van der Waals surface area contributed by atoms with Gasteiger partial charge in [0.25, 0.3) is 5.91 Å². The van der Waals surface area contributed by atoms with Gasteiger partial charge in [0.2, 0.25) is 5.89 Å². The molecule has 0 atom stereocenters. The van der Waals surface area contributed by atoms with Gasteiger partial charge < -0.3 is 14.5 Å². The fourth-order valence-electron chi connectivity index (χ4n) is 3.84. The number of carbonyl (C=O) groups excluding carboxylic acids is 1. The highest BCUT2D eigenvalue weighted by Gasteiger charge is 2.15. The zero-order chi connectivity index (χ0) is 24.5. The number of rotatable bonds is 4. The number of hydrogen-bond acceptors (Lipinski definition) is 5. The van der Waals surface area contributed by atoms with Gasteiger partial charge in [-0.3, -0.25) is 10.1 Å². The number of nitrogens with zero attached hydrogens (tertiary/aromatic N) is 1. The molecule has 2 N–H and O–H groups in total. The Kier molecular flexibility index (Phi) is 6.11. The third kappa shape index (κ3) is 4.56. The summed E-state index contributed by atoms with van der Waals surface area (Å²) in [4.78, 5) is 17.6. The fourth-order valence-corrected chi connectivity index (χ4v) is 4.28. The second-order valence-electron chi connectivity index (χ2n) is 7.93. The maximum absolute atomic E-state index is 13.0. The van der Waals surface area contributed by atoms with Crippen LogP contribution in [0.3, 0.4) is 0 Å². The van der Waals surface area contributed by atoms with Gasteiger partial charge >= 0.3 is 0 Å². The smallest absolute Gasteiger partial charge is 0.258 e. The first-order chi connectivity index (χ1) is 16.9. The van der Waals surface area contributed by atoms with Gasteiger partial charge in [-0.25, -0.2) is 4.98 Å². The second-order valence-corrected chi connectivity index (χ2v) is 8.75. The van der Waals surface area contributed by atoms with Gasteiger partial charge in [-0.15, -0.1) is 0 Å². The van der Waals surface area contributed by atoms with Crippen molar-refractivity contribution in [2.45, 2.75) is 6.92 Å². The molecule has 0 aliphatic rings. The first kappa shape index (κ1) is 22.8. The van der Waals surface area contributed by atoms with Gasteiger partial charge in [0.05, 0.1) is 7.11 Å². The van der Waals surface area contributed by atoms with Crippen LogP contribution in [0.1, 0.15) is 15.9 Å². The topological polar surface area (TPSA) is 76.4 Å². The van der Waals surface area contributed by atoms with Crippen LogP contribution in [0.15, 0.2) is 77.2 Å². The summed E-state index contributed by atoms with van der Waals surface area (Å²) >= 11 is 11.7. The zero-order valence-electron chi connectivity index (χ0n) is 18.9. The van der Waals surface area contributed by atoms with E-state index < -0.39 is 0 Å². The highest BCUT2D eigenvalue weighted by atomic mass is 35.5. The number of methoxy groups -OCH3 is 1. The quantitative estimate of drug-likeness (QED) is 0.265.